The highest BCUT2D eigenvalue weighted by Crippen LogP contribution is 2.20. The van der Waals surface area contributed by atoms with Gasteiger partial charge in [-0.3, -0.25) is 9.69 Å². The molecule has 5 nitrogen and oxygen atoms in total. The number of carboxylic acids is 1. The quantitative estimate of drug-likeness (QED) is 0.821. The zero-order chi connectivity index (χ0) is 12.4. The van der Waals surface area contributed by atoms with Crippen molar-refractivity contribution < 1.29 is 15.0 Å². The van der Waals surface area contributed by atoms with Crippen LogP contribution in [0.5, 0.6) is 0 Å². The van der Waals surface area contributed by atoms with Crippen molar-refractivity contribution in [2.24, 2.45) is 0 Å². The number of carboxylic acid groups (broad SMARTS) is 1. The first kappa shape index (κ1) is 12.5. The van der Waals surface area contributed by atoms with Crippen LogP contribution in [-0.2, 0) is 11.2 Å². The normalized spacial score (nSPS) is 25.3. The number of hydrogen-bond acceptors (Lipinski definition) is 5. The van der Waals surface area contributed by atoms with Crippen LogP contribution in [0.3, 0.4) is 0 Å². The molecule has 2 N–H and O–H groups in total. The van der Waals surface area contributed by atoms with E-state index in [2.05, 4.69) is 4.98 Å². The minimum absolute atomic E-state index is 0.330. The molecular weight excluding hydrogens is 240 g/mol. The molecule has 1 aliphatic heterocycles. The Balaban J connectivity index is 1.94. The lowest BCUT2D eigenvalue weighted by Gasteiger charge is -2.20. The highest BCUT2D eigenvalue weighted by Gasteiger charge is 2.35. The van der Waals surface area contributed by atoms with E-state index >= 15 is 0 Å². The van der Waals surface area contributed by atoms with Crippen molar-refractivity contribution in [2.75, 3.05) is 13.1 Å². The monoisotopic (exact) mass is 256 g/mol. The van der Waals surface area contributed by atoms with E-state index in [1.807, 2.05) is 11.8 Å². The van der Waals surface area contributed by atoms with Gasteiger partial charge in [-0.25, -0.2) is 4.98 Å². The lowest BCUT2D eigenvalue weighted by molar-refractivity contribution is -0.142. The fourth-order valence-electron chi connectivity index (χ4n) is 2.19. The zero-order valence-corrected chi connectivity index (χ0v) is 10.5. The van der Waals surface area contributed by atoms with Crippen LogP contribution in [-0.4, -0.2) is 51.3 Å². The van der Waals surface area contributed by atoms with Gasteiger partial charge in [0.05, 0.1) is 17.3 Å². The molecule has 1 fully saturated rings. The summed E-state index contributed by atoms with van der Waals surface area (Å²) in [6.45, 7) is 3.07. The molecule has 0 saturated carbocycles. The molecule has 94 valence electrons. The third-order valence-electron chi connectivity index (χ3n) is 3.14. The summed E-state index contributed by atoms with van der Waals surface area (Å²) < 4.78 is 0. The van der Waals surface area contributed by atoms with Crippen molar-refractivity contribution in [3.63, 3.8) is 0 Å². The summed E-state index contributed by atoms with van der Waals surface area (Å²) in [6.07, 6.45) is 0.614. The third kappa shape index (κ3) is 2.83. The lowest BCUT2D eigenvalue weighted by Crippen LogP contribution is -2.37. The van der Waals surface area contributed by atoms with E-state index in [9.17, 15) is 9.90 Å². The second-order valence-corrected chi connectivity index (χ2v) is 5.29. The highest BCUT2D eigenvalue weighted by molar-refractivity contribution is 7.09. The van der Waals surface area contributed by atoms with E-state index in [1.165, 1.54) is 4.88 Å². The van der Waals surface area contributed by atoms with Crippen molar-refractivity contribution in [2.45, 2.75) is 31.9 Å². The number of aromatic nitrogens is 1. The van der Waals surface area contributed by atoms with Gasteiger partial charge in [0, 0.05) is 24.4 Å². The molecule has 2 unspecified atom stereocenters. The number of aliphatic carboxylic acids is 1. The Morgan fingerprint density at radius 3 is 3.06 bits per heavy atom. The number of nitrogens with zero attached hydrogens (tertiary/aromatic N) is 2. The van der Waals surface area contributed by atoms with Gasteiger partial charge >= 0.3 is 5.97 Å². The third-order valence-corrected chi connectivity index (χ3v) is 4.13. The standard InChI is InChI=1S/C11H16N2O3S/c1-7-10(17-6-12-7)2-3-13-5-8(14)4-9(13)11(15)16/h6,8-9,14H,2-5H2,1H3,(H,15,16). The second kappa shape index (κ2) is 5.12. The van der Waals surface area contributed by atoms with Crippen LogP contribution < -0.4 is 0 Å². The summed E-state index contributed by atoms with van der Waals surface area (Å²) >= 11 is 1.60. The van der Waals surface area contributed by atoms with Crippen molar-refractivity contribution in [3.8, 4) is 0 Å². The van der Waals surface area contributed by atoms with Gasteiger partial charge in [0.25, 0.3) is 0 Å². The first-order valence-electron chi connectivity index (χ1n) is 5.62. The minimum atomic E-state index is -0.845. The number of hydrogen-bond donors (Lipinski definition) is 2. The maximum atomic E-state index is 11.0. The number of likely N-dealkylation sites (tertiary alicyclic amines) is 1. The molecule has 1 aromatic heterocycles. The summed E-state index contributed by atoms with van der Waals surface area (Å²) in [6, 6.07) is -0.543. The summed E-state index contributed by atoms with van der Waals surface area (Å²) in [4.78, 5) is 18.2. The Hall–Kier alpha value is -0.980. The molecule has 1 aliphatic rings. The smallest absolute Gasteiger partial charge is 0.321 e. The van der Waals surface area contributed by atoms with Gasteiger partial charge in [-0.1, -0.05) is 0 Å². The fraction of sp³-hybridized carbons (Fsp3) is 0.636. The van der Waals surface area contributed by atoms with E-state index in [1.54, 1.807) is 16.8 Å². The SMILES string of the molecule is Cc1ncsc1CCN1CC(O)CC1C(=O)O. The van der Waals surface area contributed by atoms with Crippen molar-refractivity contribution in [1.29, 1.82) is 0 Å². The first-order valence-corrected chi connectivity index (χ1v) is 6.49. The summed E-state index contributed by atoms with van der Waals surface area (Å²) in [5.74, 6) is -0.845. The maximum absolute atomic E-state index is 11.0. The number of β-amino-alcohol motifs (C(OH)–C–C–N with tert-alkyl or cyclic N) is 1. The molecule has 0 bridgehead atoms. The van der Waals surface area contributed by atoms with Crippen LogP contribution in [0.2, 0.25) is 0 Å². The summed E-state index contributed by atoms with van der Waals surface area (Å²) in [7, 11) is 0. The Kier molecular flexibility index (Phi) is 3.76. The average molecular weight is 256 g/mol. The Bertz CT molecular complexity index is 407. The number of aliphatic hydroxyl groups is 1. The average Bonchev–Trinajstić information content (AvgIpc) is 2.82. The van der Waals surface area contributed by atoms with Gasteiger partial charge in [0.2, 0.25) is 0 Å². The van der Waals surface area contributed by atoms with Gasteiger partial charge < -0.3 is 10.2 Å². The van der Waals surface area contributed by atoms with Gasteiger partial charge in [-0.2, -0.15) is 0 Å². The van der Waals surface area contributed by atoms with Crippen LogP contribution in [0.4, 0.5) is 0 Å². The van der Waals surface area contributed by atoms with Crippen molar-refractivity contribution in [1.82, 2.24) is 9.88 Å². The molecular formula is C11H16N2O3S. The minimum Gasteiger partial charge on any atom is -0.480 e. The van der Waals surface area contributed by atoms with E-state index in [4.69, 9.17) is 5.11 Å². The number of aryl methyl sites for hydroxylation is 1. The van der Waals surface area contributed by atoms with Gasteiger partial charge in [0.15, 0.2) is 0 Å². The Morgan fingerprint density at radius 2 is 2.47 bits per heavy atom. The fourth-order valence-corrected chi connectivity index (χ4v) is 2.97. The molecule has 0 aliphatic carbocycles. The Labute approximate surface area is 104 Å². The topological polar surface area (TPSA) is 73.7 Å². The van der Waals surface area contributed by atoms with E-state index in [0.29, 0.717) is 19.5 Å². The molecule has 2 heterocycles. The molecule has 0 amide bonds. The molecule has 1 aromatic rings. The highest BCUT2D eigenvalue weighted by atomic mass is 32.1. The van der Waals surface area contributed by atoms with Gasteiger partial charge in [0.1, 0.15) is 6.04 Å². The van der Waals surface area contributed by atoms with Gasteiger partial charge in [-0.15, -0.1) is 11.3 Å². The zero-order valence-electron chi connectivity index (χ0n) is 9.67. The van der Waals surface area contributed by atoms with E-state index < -0.39 is 18.1 Å². The Morgan fingerprint density at radius 1 is 1.71 bits per heavy atom. The maximum Gasteiger partial charge on any atom is 0.321 e. The van der Waals surface area contributed by atoms with Crippen LogP contribution in [0, 0.1) is 6.92 Å². The molecule has 0 spiro atoms. The number of thiazole rings is 1. The largest absolute Gasteiger partial charge is 0.480 e. The van der Waals surface area contributed by atoms with Crippen molar-refractivity contribution in [3.05, 3.63) is 16.1 Å². The number of carbonyl (C=O) groups is 1. The molecule has 17 heavy (non-hydrogen) atoms. The molecule has 1 saturated heterocycles. The predicted molar refractivity (Wildman–Crippen MR) is 64.2 cm³/mol. The summed E-state index contributed by atoms with van der Waals surface area (Å²) in [5.41, 5.74) is 2.82. The van der Waals surface area contributed by atoms with E-state index in [0.717, 1.165) is 12.1 Å². The molecule has 2 rings (SSSR count). The molecule has 6 heteroatoms. The van der Waals surface area contributed by atoms with E-state index in [-0.39, 0.29) is 0 Å². The van der Waals surface area contributed by atoms with Crippen LogP contribution >= 0.6 is 11.3 Å². The second-order valence-electron chi connectivity index (χ2n) is 4.35. The number of rotatable bonds is 4. The molecule has 2 atom stereocenters. The molecule has 0 radical (unpaired) electrons. The first-order chi connectivity index (χ1) is 8.08. The number of aliphatic hydroxyl groups excluding tert-OH is 1. The van der Waals surface area contributed by atoms with Crippen LogP contribution in [0.25, 0.3) is 0 Å². The van der Waals surface area contributed by atoms with Gasteiger partial charge in [-0.05, 0) is 13.3 Å². The molecule has 0 aromatic carbocycles. The summed E-state index contributed by atoms with van der Waals surface area (Å²) in [5, 5.41) is 18.6. The lowest BCUT2D eigenvalue weighted by atomic mass is 10.2. The van der Waals surface area contributed by atoms with Crippen LogP contribution in [0.15, 0.2) is 5.51 Å². The van der Waals surface area contributed by atoms with Crippen molar-refractivity contribution >= 4 is 17.3 Å². The van der Waals surface area contributed by atoms with Crippen LogP contribution in [0.1, 0.15) is 17.0 Å². The predicted octanol–water partition coefficient (Wildman–Crippen LogP) is 0.514.